The van der Waals surface area contributed by atoms with Gasteiger partial charge in [-0.05, 0) is 12.8 Å². The van der Waals surface area contributed by atoms with Gasteiger partial charge < -0.3 is 10.2 Å². The molecule has 0 unspecified atom stereocenters. The van der Waals surface area contributed by atoms with Crippen LogP contribution >= 0.6 is 12.4 Å². The Balaban J connectivity index is 0.000000810. The van der Waals surface area contributed by atoms with E-state index in [0.29, 0.717) is 12.8 Å². The summed E-state index contributed by atoms with van der Waals surface area (Å²) in [5.41, 5.74) is 0. The lowest BCUT2D eigenvalue weighted by atomic mass is 10.2. The van der Waals surface area contributed by atoms with Crippen molar-refractivity contribution in [1.29, 1.82) is 0 Å². The lowest BCUT2D eigenvalue weighted by Crippen LogP contribution is -2.32. The summed E-state index contributed by atoms with van der Waals surface area (Å²) in [5.74, 6) is 4.82. The van der Waals surface area contributed by atoms with Gasteiger partial charge in [0.25, 0.3) is 0 Å². The van der Waals surface area contributed by atoms with Crippen molar-refractivity contribution in [3.05, 3.63) is 0 Å². The highest BCUT2D eigenvalue weighted by Crippen LogP contribution is 2.20. The number of nitrogens with two attached hydrogens (primary N) is 1. The molecule has 62 valence electrons. The smallest absolute Gasteiger partial charge is 0.108 e. The van der Waals surface area contributed by atoms with Crippen LogP contribution in [0.15, 0.2) is 0 Å². The average molecular weight is 170 g/mol. The van der Waals surface area contributed by atoms with Gasteiger partial charge in [0.2, 0.25) is 0 Å². The first-order valence-corrected chi connectivity index (χ1v) is 2.97. The van der Waals surface area contributed by atoms with E-state index in [1.807, 2.05) is 0 Å². The first-order valence-electron chi connectivity index (χ1n) is 2.97. The molecule has 0 aromatic carbocycles. The Bertz CT molecular complexity index is 103. The summed E-state index contributed by atoms with van der Waals surface area (Å²) >= 11 is 0. The van der Waals surface area contributed by atoms with E-state index in [4.69, 9.17) is 16.1 Å². The summed E-state index contributed by atoms with van der Waals surface area (Å²) in [6, 6.07) is 0. The Labute approximate surface area is 65.3 Å². The molecular weight excluding hydrogens is 158 g/mol. The van der Waals surface area contributed by atoms with Crippen molar-refractivity contribution in [2.75, 3.05) is 0 Å². The Kier molecular flexibility index (Phi) is 4.15. The highest BCUT2D eigenvalue weighted by atomic mass is 35.5. The van der Waals surface area contributed by atoms with E-state index in [0.717, 1.165) is 0 Å². The molecule has 0 amide bonds. The predicted molar refractivity (Wildman–Crippen MR) is 37.6 cm³/mol. The monoisotopic (exact) mass is 169 g/mol. The highest BCUT2D eigenvalue weighted by Gasteiger charge is 2.33. The minimum absolute atomic E-state index is 0. The fourth-order valence-electron chi connectivity index (χ4n) is 1.07. The molecule has 4 N–H and O–H groups in total. The molecule has 10 heavy (non-hydrogen) atoms. The number of aliphatic hydroxyl groups is 2. The summed E-state index contributed by atoms with van der Waals surface area (Å²) in [6.07, 6.45) is -0.615. The van der Waals surface area contributed by atoms with Crippen LogP contribution in [-0.4, -0.2) is 28.5 Å². The molecule has 0 bridgehead atoms. The predicted octanol–water partition coefficient (Wildman–Crippen LogP) is -0.817. The van der Waals surface area contributed by atoms with Gasteiger partial charge in [0.05, 0.1) is 6.10 Å². The number of hydrogen-bond donors (Lipinski definition) is 3. The van der Waals surface area contributed by atoms with Crippen LogP contribution < -0.4 is 5.90 Å². The van der Waals surface area contributed by atoms with E-state index < -0.39 is 12.2 Å². The molecule has 4 nitrogen and oxygen atoms in total. The molecule has 1 aliphatic rings. The van der Waals surface area contributed by atoms with Crippen molar-refractivity contribution < 1.29 is 15.1 Å². The van der Waals surface area contributed by atoms with Crippen LogP contribution in [0.5, 0.6) is 0 Å². The molecule has 0 radical (unpaired) electrons. The van der Waals surface area contributed by atoms with Crippen molar-refractivity contribution >= 4 is 12.4 Å². The topological polar surface area (TPSA) is 75.7 Å². The van der Waals surface area contributed by atoms with E-state index in [1.165, 1.54) is 0 Å². The van der Waals surface area contributed by atoms with E-state index in [9.17, 15) is 0 Å². The zero-order valence-electron chi connectivity index (χ0n) is 5.43. The second-order valence-corrected chi connectivity index (χ2v) is 2.31. The maximum Gasteiger partial charge on any atom is 0.108 e. The van der Waals surface area contributed by atoms with Gasteiger partial charge in [-0.3, -0.25) is 4.84 Å². The molecule has 0 aromatic rings. The molecule has 0 spiro atoms. The van der Waals surface area contributed by atoms with Gasteiger partial charge in [-0.15, -0.1) is 12.4 Å². The van der Waals surface area contributed by atoms with Crippen molar-refractivity contribution in [3.63, 3.8) is 0 Å². The zero-order valence-corrected chi connectivity index (χ0v) is 6.25. The molecule has 5 heteroatoms. The minimum atomic E-state index is -0.796. The van der Waals surface area contributed by atoms with Crippen molar-refractivity contribution in [1.82, 2.24) is 0 Å². The first kappa shape index (κ1) is 10.1. The third kappa shape index (κ3) is 1.81. The van der Waals surface area contributed by atoms with E-state index in [-0.39, 0.29) is 18.5 Å². The minimum Gasteiger partial charge on any atom is -0.390 e. The molecule has 1 saturated carbocycles. The zero-order chi connectivity index (χ0) is 6.85. The summed E-state index contributed by atoms with van der Waals surface area (Å²) in [6.45, 7) is 0. The van der Waals surface area contributed by atoms with Crippen LogP contribution in [0.25, 0.3) is 0 Å². The quantitative estimate of drug-likeness (QED) is 0.449. The van der Waals surface area contributed by atoms with Crippen LogP contribution in [0.4, 0.5) is 0 Å². The average Bonchev–Trinajstić information content (AvgIpc) is 2.15. The summed E-state index contributed by atoms with van der Waals surface area (Å²) in [5, 5.41) is 17.9. The lowest BCUT2D eigenvalue weighted by Gasteiger charge is -2.12. The van der Waals surface area contributed by atoms with E-state index >= 15 is 0 Å². The van der Waals surface area contributed by atoms with Gasteiger partial charge in [-0.25, -0.2) is 5.90 Å². The third-order valence-electron chi connectivity index (χ3n) is 1.70. The number of rotatable bonds is 1. The number of aliphatic hydroxyl groups excluding tert-OH is 2. The van der Waals surface area contributed by atoms with Gasteiger partial charge in [0.1, 0.15) is 12.2 Å². The van der Waals surface area contributed by atoms with Gasteiger partial charge >= 0.3 is 0 Å². The Morgan fingerprint density at radius 1 is 1.30 bits per heavy atom. The number of hydrogen-bond acceptors (Lipinski definition) is 4. The lowest BCUT2D eigenvalue weighted by molar-refractivity contribution is -0.0553. The summed E-state index contributed by atoms with van der Waals surface area (Å²) in [4.78, 5) is 4.38. The first-order chi connectivity index (χ1) is 4.25. The molecule has 0 aliphatic heterocycles. The number of halogens is 1. The molecule has 0 heterocycles. The fraction of sp³-hybridized carbons (Fsp3) is 1.00. The molecule has 1 rings (SSSR count). The van der Waals surface area contributed by atoms with Crippen LogP contribution in [-0.2, 0) is 4.84 Å². The van der Waals surface area contributed by atoms with Crippen molar-refractivity contribution in [2.45, 2.75) is 31.2 Å². The molecule has 1 aliphatic carbocycles. The Morgan fingerprint density at radius 2 is 1.90 bits per heavy atom. The maximum atomic E-state index is 9.00. The maximum absolute atomic E-state index is 9.00. The van der Waals surface area contributed by atoms with Gasteiger partial charge in [0, 0.05) is 0 Å². The molecule has 0 saturated heterocycles. The molecular formula is C5H12ClNO3. The summed E-state index contributed by atoms with van der Waals surface area (Å²) < 4.78 is 0. The van der Waals surface area contributed by atoms with Crippen LogP contribution in [0, 0.1) is 0 Å². The standard InChI is InChI=1S/C5H11NO3.ClH/c6-9-4-2-1-3(7)5(4)8;/h3-5,7-8H,1-2,6H2;1H/t3-,4-,5-;/m1./s1. The van der Waals surface area contributed by atoms with Crippen molar-refractivity contribution in [2.24, 2.45) is 5.90 Å². The Hall–Kier alpha value is 0.130. The van der Waals surface area contributed by atoms with Crippen LogP contribution in [0.1, 0.15) is 12.8 Å². The van der Waals surface area contributed by atoms with Gasteiger partial charge in [0.15, 0.2) is 0 Å². The molecule has 1 fully saturated rings. The largest absolute Gasteiger partial charge is 0.390 e. The van der Waals surface area contributed by atoms with Gasteiger partial charge in [-0.2, -0.15) is 0 Å². The van der Waals surface area contributed by atoms with Gasteiger partial charge in [-0.1, -0.05) is 0 Å². The highest BCUT2D eigenvalue weighted by molar-refractivity contribution is 5.85. The second kappa shape index (κ2) is 4.10. The SMILES string of the molecule is Cl.NO[C@@H]1CC[C@@H](O)[C@H]1O. The fourth-order valence-corrected chi connectivity index (χ4v) is 1.07. The normalized spacial score (nSPS) is 39.3. The van der Waals surface area contributed by atoms with Crippen LogP contribution in [0.3, 0.4) is 0 Å². The van der Waals surface area contributed by atoms with E-state index in [1.54, 1.807) is 0 Å². The molecule has 0 aromatic heterocycles. The van der Waals surface area contributed by atoms with E-state index in [2.05, 4.69) is 4.84 Å². The second-order valence-electron chi connectivity index (χ2n) is 2.31. The van der Waals surface area contributed by atoms with Crippen molar-refractivity contribution in [3.8, 4) is 0 Å². The summed E-state index contributed by atoms with van der Waals surface area (Å²) in [7, 11) is 0. The molecule has 3 atom stereocenters. The Morgan fingerprint density at radius 3 is 2.10 bits per heavy atom. The van der Waals surface area contributed by atoms with Crippen LogP contribution in [0.2, 0.25) is 0 Å². The third-order valence-corrected chi connectivity index (χ3v) is 1.70.